The van der Waals surface area contributed by atoms with Crippen LogP contribution in [0.3, 0.4) is 0 Å². The number of carbonyl (C=O) groups excluding carboxylic acids is 1. The first kappa shape index (κ1) is 11.0. The van der Waals surface area contributed by atoms with Gasteiger partial charge in [0.05, 0.1) is 6.54 Å². The standard InChI is InChI=1S/C9H16N2O/c1-2-8-11-9(12)6-4-3-5-7-10/h1H,3-8,10H2,(H,11,12). The second kappa shape index (κ2) is 8.09. The molecule has 0 bridgehead atoms. The average Bonchev–Trinajstić information content (AvgIpc) is 2.09. The Balaban J connectivity index is 3.15. The second-order valence-corrected chi connectivity index (χ2v) is 2.58. The predicted molar refractivity (Wildman–Crippen MR) is 49.4 cm³/mol. The normalized spacial score (nSPS) is 9.00. The maximum absolute atomic E-state index is 10.9. The lowest BCUT2D eigenvalue weighted by molar-refractivity contribution is -0.120. The Kier molecular flexibility index (Phi) is 7.41. The van der Waals surface area contributed by atoms with Crippen LogP contribution in [0.1, 0.15) is 25.7 Å². The zero-order valence-electron chi connectivity index (χ0n) is 7.31. The van der Waals surface area contributed by atoms with Crippen LogP contribution in [0.5, 0.6) is 0 Å². The number of nitrogens with one attached hydrogen (secondary N) is 1. The van der Waals surface area contributed by atoms with Gasteiger partial charge in [0.2, 0.25) is 5.91 Å². The van der Waals surface area contributed by atoms with E-state index in [1.807, 2.05) is 0 Å². The largest absolute Gasteiger partial charge is 0.345 e. The van der Waals surface area contributed by atoms with E-state index in [1.54, 1.807) is 0 Å². The van der Waals surface area contributed by atoms with Crippen molar-refractivity contribution < 1.29 is 4.79 Å². The molecule has 0 rings (SSSR count). The molecule has 0 aromatic rings. The van der Waals surface area contributed by atoms with Crippen LogP contribution in [0.25, 0.3) is 0 Å². The van der Waals surface area contributed by atoms with Gasteiger partial charge in [-0.2, -0.15) is 0 Å². The topological polar surface area (TPSA) is 55.1 Å². The van der Waals surface area contributed by atoms with E-state index in [2.05, 4.69) is 11.2 Å². The molecule has 0 aromatic carbocycles. The minimum atomic E-state index is 0.0324. The lowest BCUT2D eigenvalue weighted by Gasteiger charge is -2.00. The van der Waals surface area contributed by atoms with Gasteiger partial charge in [0.15, 0.2) is 0 Å². The molecule has 0 fully saturated rings. The number of amides is 1. The Labute approximate surface area is 73.7 Å². The molecule has 3 nitrogen and oxygen atoms in total. The monoisotopic (exact) mass is 168 g/mol. The zero-order valence-corrected chi connectivity index (χ0v) is 7.31. The Bertz CT molecular complexity index is 160. The highest BCUT2D eigenvalue weighted by molar-refractivity contribution is 5.76. The third kappa shape index (κ3) is 7.10. The van der Waals surface area contributed by atoms with Gasteiger partial charge in [-0.1, -0.05) is 12.3 Å². The van der Waals surface area contributed by atoms with Crippen molar-refractivity contribution in [2.45, 2.75) is 25.7 Å². The van der Waals surface area contributed by atoms with E-state index in [1.165, 1.54) is 0 Å². The average molecular weight is 168 g/mol. The van der Waals surface area contributed by atoms with E-state index in [9.17, 15) is 4.79 Å². The number of carbonyl (C=O) groups is 1. The quantitative estimate of drug-likeness (QED) is 0.441. The van der Waals surface area contributed by atoms with E-state index in [0.717, 1.165) is 19.3 Å². The third-order valence-electron chi connectivity index (χ3n) is 1.50. The molecule has 0 unspecified atom stereocenters. The summed E-state index contributed by atoms with van der Waals surface area (Å²) in [7, 11) is 0. The molecule has 0 aromatic heterocycles. The van der Waals surface area contributed by atoms with E-state index in [-0.39, 0.29) is 5.91 Å². The summed E-state index contributed by atoms with van der Waals surface area (Å²) < 4.78 is 0. The lowest BCUT2D eigenvalue weighted by atomic mass is 10.2. The summed E-state index contributed by atoms with van der Waals surface area (Å²) in [6.07, 6.45) is 8.43. The molecule has 0 saturated carbocycles. The predicted octanol–water partition coefficient (Wildman–Crippen LogP) is 0.255. The molecule has 0 atom stereocenters. The molecule has 0 saturated heterocycles. The van der Waals surface area contributed by atoms with Crippen LogP contribution in [0, 0.1) is 12.3 Å². The van der Waals surface area contributed by atoms with Gasteiger partial charge < -0.3 is 11.1 Å². The maximum Gasteiger partial charge on any atom is 0.220 e. The van der Waals surface area contributed by atoms with Crippen molar-refractivity contribution in [3.05, 3.63) is 0 Å². The number of rotatable bonds is 6. The number of terminal acetylenes is 1. The van der Waals surface area contributed by atoms with Crippen LogP contribution in [-0.4, -0.2) is 19.0 Å². The molecule has 0 heterocycles. The molecule has 0 aliphatic carbocycles. The smallest absolute Gasteiger partial charge is 0.220 e. The minimum Gasteiger partial charge on any atom is -0.345 e. The number of unbranched alkanes of at least 4 members (excludes halogenated alkanes) is 2. The van der Waals surface area contributed by atoms with Crippen molar-refractivity contribution in [2.24, 2.45) is 5.73 Å². The summed E-state index contributed by atoms with van der Waals surface area (Å²) in [5, 5.41) is 2.60. The molecule has 3 heteroatoms. The van der Waals surface area contributed by atoms with Crippen molar-refractivity contribution >= 4 is 5.91 Å². The molecular weight excluding hydrogens is 152 g/mol. The molecule has 0 radical (unpaired) electrons. The SMILES string of the molecule is C#CCNC(=O)CCCCCN. The van der Waals surface area contributed by atoms with Crippen molar-refractivity contribution in [1.82, 2.24) is 5.32 Å². The first-order valence-electron chi connectivity index (χ1n) is 4.21. The van der Waals surface area contributed by atoms with Gasteiger partial charge in [0, 0.05) is 6.42 Å². The number of hydrogen-bond acceptors (Lipinski definition) is 2. The minimum absolute atomic E-state index is 0.0324. The van der Waals surface area contributed by atoms with Crippen LogP contribution in [-0.2, 0) is 4.79 Å². The maximum atomic E-state index is 10.9. The van der Waals surface area contributed by atoms with Crippen molar-refractivity contribution in [1.29, 1.82) is 0 Å². The van der Waals surface area contributed by atoms with Crippen LogP contribution in [0.4, 0.5) is 0 Å². The van der Waals surface area contributed by atoms with Crippen LogP contribution in [0.15, 0.2) is 0 Å². The molecule has 3 N–H and O–H groups in total. The Morgan fingerprint density at radius 3 is 2.75 bits per heavy atom. The lowest BCUT2D eigenvalue weighted by Crippen LogP contribution is -2.22. The summed E-state index contributed by atoms with van der Waals surface area (Å²) in [6, 6.07) is 0. The van der Waals surface area contributed by atoms with Crippen LogP contribution in [0.2, 0.25) is 0 Å². The highest BCUT2D eigenvalue weighted by Gasteiger charge is 1.97. The fourth-order valence-corrected chi connectivity index (χ4v) is 0.845. The van der Waals surface area contributed by atoms with E-state index < -0.39 is 0 Å². The molecule has 1 amide bonds. The van der Waals surface area contributed by atoms with Crippen molar-refractivity contribution in [3.8, 4) is 12.3 Å². The van der Waals surface area contributed by atoms with Gasteiger partial charge in [-0.05, 0) is 19.4 Å². The van der Waals surface area contributed by atoms with Crippen LogP contribution >= 0.6 is 0 Å². The first-order chi connectivity index (χ1) is 5.81. The Morgan fingerprint density at radius 1 is 1.42 bits per heavy atom. The van der Waals surface area contributed by atoms with E-state index >= 15 is 0 Å². The molecule has 0 aliphatic rings. The highest BCUT2D eigenvalue weighted by atomic mass is 16.1. The van der Waals surface area contributed by atoms with Gasteiger partial charge in [0.1, 0.15) is 0 Å². The zero-order chi connectivity index (χ0) is 9.23. The Hall–Kier alpha value is -1.01. The molecule has 68 valence electrons. The highest BCUT2D eigenvalue weighted by Crippen LogP contribution is 1.97. The summed E-state index contributed by atoms with van der Waals surface area (Å²) in [4.78, 5) is 10.9. The van der Waals surface area contributed by atoms with Gasteiger partial charge in [-0.25, -0.2) is 0 Å². The summed E-state index contributed by atoms with van der Waals surface area (Å²) in [5.74, 6) is 2.38. The van der Waals surface area contributed by atoms with Gasteiger partial charge in [0.25, 0.3) is 0 Å². The first-order valence-corrected chi connectivity index (χ1v) is 4.21. The number of hydrogen-bond donors (Lipinski definition) is 2. The second-order valence-electron chi connectivity index (χ2n) is 2.58. The van der Waals surface area contributed by atoms with Crippen molar-refractivity contribution in [2.75, 3.05) is 13.1 Å². The molecule has 0 aliphatic heterocycles. The molecular formula is C9H16N2O. The van der Waals surface area contributed by atoms with Gasteiger partial charge in [-0.3, -0.25) is 4.79 Å². The summed E-state index contributed by atoms with van der Waals surface area (Å²) in [6.45, 7) is 1.03. The van der Waals surface area contributed by atoms with Crippen molar-refractivity contribution in [3.63, 3.8) is 0 Å². The Morgan fingerprint density at radius 2 is 2.17 bits per heavy atom. The van der Waals surface area contributed by atoms with E-state index in [0.29, 0.717) is 19.5 Å². The van der Waals surface area contributed by atoms with E-state index in [4.69, 9.17) is 12.2 Å². The molecule has 0 spiro atoms. The third-order valence-corrected chi connectivity index (χ3v) is 1.50. The summed E-state index contributed by atoms with van der Waals surface area (Å²) in [5.41, 5.74) is 5.30. The fraction of sp³-hybridized carbons (Fsp3) is 0.667. The molecule has 12 heavy (non-hydrogen) atoms. The fourth-order valence-electron chi connectivity index (χ4n) is 0.845. The van der Waals surface area contributed by atoms with Crippen LogP contribution < -0.4 is 11.1 Å². The summed E-state index contributed by atoms with van der Waals surface area (Å²) >= 11 is 0. The van der Waals surface area contributed by atoms with Gasteiger partial charge >= 0.3 is 0 Å². The van der Waals surface area contributed by atoms with Gasteiger partial charge in [-0.15, -0.1) is 6.42 Å². The number of nitrogens with two attached hydrogens (primary N) is 1.